The number of carbonyl (C=O) groups is 1. The quantitative estimate of drug-likeness (QED) is 0.845. The van der Waals surface area contributed by atoms with Gasteiger partial charge in [-0.3, -0.25) is 14.8 Å². The summed E-state index contributed by atoms with van der Waals surface area (Å²) in [5, 5.41) is 7.05. The van der Waals surface area contributed by atoms with Gasteiger partial charge in [-0.1, -0.05) is 6.92 Å². The van der Waals surface area contributed by atoms with Crippen molar-refractivity contribution in [1.29, 1.82) is 0 Å². The fourth-order valence-electron chi connectivity index (χ4n) is 1.94. The number of hydrogen-bond acceptors (Lipinski definition) is 5. The predicted octanol–water partition coefficient (Wildman–Crippen LogP) is 0.898. The zero-order valence-electron chi connectivity index (χ0n) is 11.7. The molecule has 0 aliphatic rings. The highest BCUT2D eigenvalue weighted by Crippen LogP contribution is 2.09. The van der Waals surface area contributed by atoms with E-state index in [1.807, 2.05) is 11.6 Å². The van der Waals surface area contributed by atoms with Crippen LogP contribution in [0.15, 0.2) is 24.9 Å². The van der Waals surface area contributed by atoms with Crippen LogP contribution >= 0.6 is 0 Å². The number of carbonyl (C=O) groups excluding carboxylic acids is 1. The standard InChI is InChI=1S/C13H18N6O/c1-3-6-19-13(16-9-17-19)10(2)18-12(20)7-11-8-14-4-5-15-11/h4-5,8-10H,3,6-7H2,1-2H3,(H,18,20)/t10-/m0/s1. The molecule has 1 amide bonds. The Kier molecular flexibility index (Phi) is 4.75. The Balaban J connectivity index is 1.95. The molecule has 0 fully saturated rings. The van der Waals surface area contributed by atoms with Crippen molar-refractivity contribution in [3.05, 3.63) is 36.4 Å². The minimum atomic E-state index is -0.187. The molecule has 20 heavy (non-hydrogen) atoms. The van der Waals surface area contributed by atoms with Crippen LogP contribution in [0.1, 0.15) is 37.8 Å². The van der Waals surface area contributed by atoms with Gasteiger partial charge in [-0.15, -0.1) is 0 Å². The second-order valence-electron chi connectivity index (χ2n) is 4.50. The lowest BCUT2D eigenvalue weighted by Crippen LogP contribution is -2.30. The van der Waals surface area contributed by atoms with E-state index < -0.39 is 0 Å². The summed E-state index contributed by atoms with van der Waals surface area (Å²) < 4.78 is 1.81. The van der Waals surface area contributed by atoms with Gasteiger partial charge in [0, 0.05) is 25.1 Å². The van der Waals surface area contributed by atoms with Crippen molar-refractivity contribution in [3.8, 4) is 0 Å². The van der Waals surface area contributed by atoms with Crippen molar-refractivity contribution >= 4 is 5.91 Å². The van der Waals surface area contributed by atoms with Crippen molar-refractivity contribution in [2.24, 2.45) is 0 Å². The topological polar surface area (TPSA) is 85.6 Å². The molecule has 0 unspecified atom stereocenters. The second-order valence-corrected chi connectivity index (χ2v) is 4.50. The summed E-state index contributed by atoms with van der Waals surface area (Å²) in [6.45, 7) is 4.76. The Morgan fingerprint density at radius 1 is 1.40 bits per heavy atom. The predicted molar refractivity (Wildman–Crippen MR) is 72.6 cm³/mol. The highest BCUT2D eigenvalue weighted by Gasteiger charge is 2.15. The molecule has 106 valence electrons. The average molecular weight is 274 g/mol. The van der Waals surface area contributed by atoms with Crippen LogP contribution in [0.25, 0.3) is 0 Å². The number of nitrogens with zero attached hydrogens (tertiary/aromatic N) is 5. The van der Waals surface area contributed by atoms with Gasteiger partial charge in [0.1, 0.15) is 12.2 Å². The van der Waals surface area contributed by atoms with Crippen LogP contribution in [0.5, 0.6) is 0 Å². The van der Waals surface area contributed by atoms with E-state index in [0.717, 1.165) is 18.8 Å². The molecule has 0 aromatic carbocycles. The van der Waals surface area contributed by atoms with E-state index >= 15 is 0 Å². The maximum atomic E-state index is 12.0. The monoisotopic (exact) mass is 274 g/mol. The first kappa shape index (κ1) is 14.1. The van der Waals surface area contributed by atoms with E-state index in [1.165, 1.54) is 6.33 Å². The third-order valence-corrected chi connectivity index (χ3v) is 2.80. The number of amides is 1. The van der Waals surface area contributed by atoms with Crippen molar-refractivity contribution < 1.29 is 4.79 Å². The van der Waals surface area contributed by atoms with E-state index in [-0.39, 0.29) is 18.4 Å². The van der Waals surface area contributed by atoms with Gasteiger partial charge < -0.3 is 5.32 Å². The fourth-order valence-corrected chi connectivity index (χ4v) is 1.94. The molecule has 1 N–H and O–H groups in total. The summed E-state index contributed by atoms with van der Waals surface area (Å²) in [5.41, 5.74) is 0.646. The molecule has 0 aliphatic carbocycles. The summed E-state index contributed by atoms with van der Waals surface area (Å²) in [6.07, 6.45) is 7.43. The molecule has 7 heteroatoms. The highest BCUT2D eigenvalue weighted by molar-refractivity contribution is 5.78. The molecule has 0 aliphatic heterocycles. The van der Waals surface area contributed by atoms with Gasteiger partial charge >= 0.3 is 0 Å². The number of aromatic nitrogens is 5. The zero-order chi connectivity index (χ0) is 14.4. The van der Waals surface area contributed by atoms with Crippen LogP contribution in [0.3, 0.4) is 0 Å². The van der Waals surface area contributed by atoms with Crippen molar-refractivity contribution in [2.45, 2.75) is 39.3 Å². The second kappa shape index (κ2) is 6.74. The number of aryl methyl sites for hydroxylation is 1. The van der Waals surface area contributed by atoms with E-state index in [1.54, 1.807) is 18.6 Å². The minimum Gasteiger partial charge on any atom is -0.346 e. The van der Waals surface area contributed by atoms with Crippen LogP contribution in [-0.4, -0.2) is 30.6 Å². The Labute approximate surface area is 117 Å². The third-order valence-electron chi connectivity index (χ3n) is 2.80. The van der Waals surface area contributed by atoms with Crippen LogP contribution in [0, 0.1) is 0 Å². The van der Waals surface area contributed by atoms with Crippen LogP contribution in [0.4, 0.5) is 0 Å². The molecule has 0 saturated heterocycles. The molecule has 2 heterocycles. The maximum Gasteiger partial charge on any atom is 0.226 e. The largest absolute Gasteiger partial charge is 0.346 e. The molecule has 2 rings (SSSR count). The summed E-state index contributed by atoms with van der Waals surface area (Å²) in [4.78, 5) is 24.2. The SMILES string of the molecule is CCCn1ncnc1[C@H](C)NC(=O)Cc1cnccn1. The summed E-state index contributed by atoms with van der Waals surface area (Å²) in [5.74, 6) is 0.656. The van der Waals surface area contributed by atoms with Gasteiger partial charge in [0.05, 0.1) is 18.2 Å². The third kappa shape index (κ3) is 3.59. The lowest BCUT2D eigenvalue weighted by molar-refractivity contribution is -0.121. The van der Waals surface area contributed by atoms with E-state index in [0.29, 0.717) is 5.69 Å². The Bertz CT molecular complexity index is 553. The van der Waals surface area contributed by atoms with E-state index in [2.05, 4.69) is 32.3 Å². The maximum absolute atomic E-state index is 12.0. The van der Waals surface area contributed by atoms with E-state index in [4.69, 9.17) is 0 Å². The summed E-state index contributed by atoms with van der Waals surface area (Å²) in [7, 11) is 0. The van der Waals surface area contributed by atoms with E-state index in [9.17, 15) is 4.79 Å². The first-order valence-corrected chi connectivity index (χ1v) is 6.62. The lowest BCUT2D eigenvalue weighted by atomic mass is 10.2. The van der Waals surface area contributed by atoms with Crippen molar-refractivity contribution in [3.63, 3.8) is 0 Å². The number of nitrogens with one attached hydrogen (secondary N) is 1. The van der Waals surface area contributed by atoms with Crippen molar-refractivity contribution in [2.75, 3.05) is 0 Å². The van der Waals surface area contributed by atoms with Crippen LogP contribution in [0.2, 0.25) is 0 Å². The minimum absolute atomic E-state index is 0.107. The molecule has 0 bridgehead atoms. The number of rotatable bonds is 6. The molecule has 1 atom stereocenters. The number of hydrogen-bond donors (Lipinski definition) is 1. The molecule has 7 nitrogen and oxygen atoms in total. The molecule has 0 spiro atoms. The first-order chi connectivity index (χ1) is 9.70. The van der Waals surface area contributed by atoms with Gasteiger partial charge in [-0.25, -0.2) is 9.67 Å². The molecule has 0 radical (unpaired) electrons. The fraction of sp³-hybridized carbons (Fsp3) is 0.462. The molecular formula is C13H18N6O. The molecular weight excluding hydrogens is 256 g/mol. The van der Waals surface area contributed by atoms with Gasteiger partial charge in [0.2, 0.25) is 5.91 Å². The zero-order valence-corrected chi connectivity index (χ0v) is 11.7. The Hall–Kier alpha value is -2.31. The molecule has 0 saturated carbocycles. The summed E-state index contributed by atoms with van der Waals surface area (Å²) in [6, 6.07) is -0.187. The Morgan fingerprint density at radius 3 is 2.95 bits per heavy atom. The van der Waals surface area contributed by atoms with Crippen LogP contribution in [-0.2, 0) is 17.8 Å². The molecule has 2 aromatic rings. The van der Waals surface area contributed by atoms with Crippen LogP contribution < -0.4 is 5.32 Å². The van der Waals surface area contributed by atoms with Gasteiger partial charge in [0.15, 0.2) is 0 Å². The van der Waals surface area contributed by atoms with Gasteiger partial charge in [-0.05, 0) is 13.3 Å². The van der Waals surface area contributed by atoms with Gasteiger partial charge in [0.25, 0.3) is 0 Å². The first-order valence-electron chi connectivity index (χ1n) is 6.62. The normalized spacial score (nSPS) is 12.1. The van der Waals surface area contributed by atoms with Crippen molar-refractivity contribution in [1.82, 2.24) is 30.0 Å². The molecule has 2 aromatic heterocycles. The average Bonchev–Trinajstić information content (AvgIpc) is 2.88. The lowest BCUT2D eigenvalue weighted by Gasteiger charge is -2.14. The smallest absolute Gasteiger partial charge is 0.226 e. The summed E-state index contributed by atoms with van der Waals surface area (Å²) >= 11 is 0. The van der Waals surface area contributed by atoms with Gasteiger partial charge in [-0.2, -0.15) is 5.10 Å². The Morgan fingerprint density at radius 2 is 2.25 bits per heavy atom. The highest BCUT2D eigenvalue weighted by atomic mass is 16.1.